The summed E-state index contributed by atoms with van der Waals surface area (Å²) in [5, 5.41) is 20.1. The summed E-state index contributed by atoms with van der Waals surface area (Å²) in [6, 6.07) is 3.40. The number of rotatable bonds is 9. The molecule has 0 spiro atoms. The van der Waals surface area contributed by atoms with Gasteiger partial charge >= 0.3 is 0 Å². The van der Waals surface area contributed by atoms with Crippen molar-refractivity contribution >= 4 is 0 Å². The van der Waals surface area contributed by atoms with Gasteiger partial charge in [-0.1, -0.05) is 0 Å². The van der Waals surface area contributed by atoms with E-state index in [0.29, 0.717) is 56.8 Å². The maximum Gasteiger partial charge on any atom is 0.203 e. The van der Waals surface area contributed by atoms with Crippen molar-refractivity contribution in [3.05, 3.63) is 23.3 Å². The predicted molar refractivity (Wildman–Crippen MR) is 103 cm³/mol. The standard InChI is InChI=1S/C20H26O8/c1-23-15-7-11(13(9-21)17(25-3)19(15)27-5)12-8-16(24-2)20(28-6)18(26-4)14(12)10-22/h7-8,21-22H,9-10H2,1-6H3. The van der Waals surface area contributed by atoms with Crippen molar-refractivity contribution in [3.63, 3.8) is 0 Å². The van der Waals surface area contributed by atoms with Crippen LogP contribution in [0.3, 0.4) is 0 Å². The minimum absolute atomic E-state index is 0.331. The largest absolute Gasteiger partial charge is 0.493 e. The molecule has 8 heteroatoms. The van der Waals surface area contributed by atoms with Crippen LogP contribution in [0, 0.1) is 0 Å². The summed E-state index contributed by atoms with van der Waals surface area (Å²) >= 11 is 0. The van der Waals surface area contributed by atoms with Crippen LogP contribution in [0.1, 0.15) is 11.1 Å². The molecule has 0 radical (unpaired) electrons. The molecule has 0 heterocycles. The van der Waals surface area contributed by atoms with Gasteiger partial charge in [-0.2, -0.15) is 0 Å². The first-order chi connectivity index (χ1) is 13.6. The molecule has 0 fully saturated rings. The molecular weight excluding hydrogens is 368 g/mol. The Morgan fingerprint density at radius 3 is 1.07 bits per heavy atom. The van der Waals surface area contributed by atoms with Gasteiger partial charge in [0.25, 0.3) is 0 Å². The van der Waals surface area contributed by atoms with E-state index in [1.54, 1.807) is 12.1 Å². The van der Waals surface area contributed by atoms with E-state index >= 15 is 0 Å². The van der Waals surface area contributed by atoms with E-state index < -0.39 is 0 Å². The lowest BCUT2D eigenvalue weighted by molar-refractivity contribution is 0.265. The Morgan fingerprint density at radius 2 is 0.857 bits per heavy atom. The van der Waals surface area contributed by atoms with Crippen molar-refractivity contribution in [2.45, 2.75) is 13.2 Å². The second-order valence-electron chi connectivity index (χ2n) is 5.66. The molecule has 8 nitrogen and oxygen atoms in total. The summed E-state index contributed by atoms with van der Waals surface area (Å²) < 4.78 is 32.6. The minimum Gasteiger partial charge on any atom is -0.493 e. The van der Waals surface area contributed by atoms with E-state index in [4.69, 9.17) is 28.4 Å². The molecule has 2 aromatic rings. The van der Waals surface area contributed by atoms with Gasteiger partial charge < -0.3 is 38.6 Å². The molecule has 2 N–H and O–H groups in total. The van der Waals surface area contributed by atoms with Crippen LogP contribution in [-0.2, 0) is 13.2 Å². The Hall–Kier alpha value is -2.84. The average molecular weight is 394 g/mol. The number of benzene rings is 2. The van der Waals surface area contributed by atoms with Crippen molar-refractivity contribution in [1.29, 1.82) is 0 Å². The first kappa shape index (κ1) is 21.5. The quantitative estimate of drug-likeness (QED) is 0.669. The van der Waals surface area contributed by atoms with Crippen molar-refractivity contribution in [3.8, 4) is 45.6 Å². The predicted octanol–water partition coefficient (Wildman–Crippen LogP) is 2.39. The molecule has 0 unspecified atom stereocenters. The second kappa shape index (κ2) is 9.38. The van der Waals surface area contributed by atoms with Crippen molar-refractivity contribution < 1.29 is 38.6 Å². The van der Waals surface area contributed by atoms with Gasteiger partial charge in [-0.05, 0) is 23.3 Å². The number of aliphatic hydroxyl groups excluding tert-OH is 2. The molecule has 0 amide bonds. The van der Waals surface area contributed by atoms with E-state index in [1.165, 1.54) is 42.7 Å². The summed E-state index contributed by atoms with van der Waals surface area (Å²) in [4.78, 5) is 0. The lowest BCUT2D eigenvalue weighted by Crippen LogP contribution is -2.05. The molecule has 0 aliphatic carbocycles. The molecule has 28 heavy (non-hydrogen) atoms. The number of aliphatic hydroxyl groups is 2. The average Bonchev–Trinajstić information content (AvgIpc) is 2.75. The van der Waals surface area contributed by atoms with Gasteiger partial charge in [-0.25, -0.2) is 0 Å². The third kappa shape index (κ3) is 3.48. The third-order valence-electron chi connectivity index (χ3n) is 4.47. The van der Waals surface area contributed by atoms with Crippen LogP contribution in [-0.4, -0.2) is 52.9 Å². The minimum atomic E-state index is -0.333. The Balaban J connectivity index is 2.98. The van der Waals surface area contributed by atoms with Crippen LogP contribution in [0.2, 0.25) is 0 Å². The Kier molecular flexibility index (Phi) is 7.19. The second-order valence-corrected chi connectivity index (χ2v) is 5.66. The van der Waals surface area contributed by atoms with Gasteiger partial charge in [0.1, 0.15) is 0 Å². The lowest BCUT2D eigenvalue weighted by Gasteiger charge is -2.22. The summed E-state index contributed by atoms with van der Waals surface area (Å²) in [6.07, 6.45) is 0. The molecule has 154 valence electrons. The monoisotopic (exact) mass is 394 g/mol. The van der Waals surface area contributed by atoms with Gasteiger partial charge in [-0.3, -0.25) is 0 Å². The van der Waals surface area contributed by atoms with Crippen molar-refractivity contribution in [2.75, 3.05) is 42.7 Å². The van der Waals surface area contributed by atoms with Gasteiger partial charge in [0.05, 0.1) is 55.9 Å². The molecule has 2 rings (SSSR count). The molecule has 0 aliphatic heterocycles. The summed E-state index contributed by atoms with van der Waals surface area (Å²) in [7, 11) is 8.92. The fourth-order valence-electron chi connectivity index (χ4n) is 3.23. The van der Waals surface area contributed by atoms with E-state index in [9.17, 15) is 10.2 Å². The fourth-order valence-corrected chi connectivity index (χ4v) is 3.23. The molecule has 0 atom stereocenters. The van der Waals surface area contributed by atoms with Gasteiger partial charge in [0.2, 0.25) is 11.5 Å². The van der Waals surface area contributed by atoms with E-state index in [2.05, 4.69) is 0 Å². The maximum absolute atomic E-state index is 10.1. The Bertz CT molecular complexity index is 762. The third-order valence-corrected chi connectivity index (χ3v) is 4.47. The zero-order chi connectivity index (χ0) is 20.8. The zero-order valence-corrected chi connectivity index (χ0v) is 16.9. The zero-order valence-electron chi connectivity index (χ0n) is 16.9. The number of hydrogen-bond donors (Lipinski definition) is 2. The van der Waals surface area contributed by atoms with Gasteiger partial charge in [0.15, 0.2) is 23.0 Å². The highest BCUT2D eigenvalue weighted by Crippen LogP contribution is 2.50. The lowest BCUT2D eigenvalue weighted by atomic mass is 9.93. The molecule has 0 saturated carbocycles. The van der Waals surface area contributed by atoms with Crippen molar-refractivity contribution in [2.24, 2.45) is 0 Å². The van der Waals surface area contributed by atoms with Crippen LogP contribution < -0.4 is 28.4 Å². The maximum atomic E-state index is 10.1. The molecule has 2 aromatic carbocycles. The highest BCUT2D eigenvalue weighted by molar-refractivity contribution is 5.82. The van der Waals surface area contributed by atoms with Gasteiger partial charge in [0, 0.05) is 11.1 Å². The van der Waals surface area contributed by atoms with Gasteiger partial charge in [-0.15, -0.1) is 0 Å². The molecule has 0 saturated heterocycles. The van der Waals surface area contributed by atoms with Crippen molar-refractivity contribution in [1.82, 2.24) is 0 Å². The van der Waals surface area contributed by atoms with Crippen LogP contribution in [0.5, 0.6) is 34.5 Å². The summed E-state index contributed by atoms with van der Waals surface area (Å²) in [5.74, 6) is 2.19. The molecular formula is C20H26O8. The number of methoxy groups -OCH3 is 6. The van der Waals surface area contributed by atoms with Crippen LogP contribution in [0.4, 0.5) is 0 Å². The number of ether oxygens (including phenoxy) is 6. The first-order valence-corrected chi connectivity index (χ1v) is 8.42. The molecule has 0 bridgehead atoms. The van der Waals surface area contributed by atoms with Crippen LogP contribution in [0.25, 0.3) is 11.1 Å². The van der Waals surface area contributed by atoms with E-state index in [-0.39, 0.29) is 13.2 Å². The Labute approximate surface area is 164 Å². The van der Waals surface area contributed by atoms with Crippen LogP contribution >= 0.6 is 0 Å². The highest BCUT2D eigenvalue weighted by Gasteiger charge is 2.26. The topological polar surface area (TPSA) is 95.8 Å². The van der Waals surface area contributed by atoms with E-state index in [1.807, 2.05) is 0 Å². The Morgan fingerprint density at radius 1 is 0.536 bits per heavy atom. The highest BCUT2D eigenvalue weighted by atomic mass is 16.5. The normalized spacial score (nSPS) is 10.4. The number of hydrogen-bond acceptors (Lipinski definition) is 8. The van der Waals surface area contributed by atoms with Crippen LogP contribution in [0.15, 0.2) is 12.1 Å². The fraction of sp³-hybridized carbons (Fsp3) is 0.400. The molecule has 0 aliphatic rings. The smallest absolute Gasteiger partial charge is 0.203 e. The van der Waals surface area contributed by atoms with E-state index in [0.717, 1.165) is 0 Å². The molecule has 0 aromatic heterocycles. The first-order valence-electron chi connectivity index (χ1n) is 8.42. The summed E-state index contributed by atoms with van der Waals surface area (Å²) in [5.41, 5.74) is 2.06. The summed E-state index contributed by atoms with van der Waals surface area (Å²) in [6.45, 7) is -0.666. The SMILES string of the molecule is COc1cc(-c2cc(OC)c(OC)c(OC)c2CO)c(CO)c(OC)c1OC.